The molecule has 8 heteroatoms. The summed E-state index contributed by atoms with van der Waals surface area (Å²) < 4.78 is 0.750. The van der Waals surface area contributed by atoms with Gasteiger partial charge in [0.05, 0.1) is 5.56 Å². The van der Waals surface area contributed by atoms with Gasteiger partial charge in [-0.25, -0.2) is 15.0 Å². The average Bonchev–Trinajstić information content (AvgIpc) is 2.75. The van der Waals surface area contributed by atoms with E-state index in [1.54, 1.807) is 12.3 Å². The number of anilines is 5. The predicted octanol–water partition coefficient (Wildman–Crippen LogP) is 5.99. The highest BCUT2D eigenvalue weighted by atomic mass is 79.9. The Bertz CT molecular complexity index is 1260. The first-order valence-corrected chi connectivity index (χ1v) is 10.7. The van der Waals surface area contributed by atoms with Gasteiger partial charge in [-0.1, -0.05) is 12.1 Å². The molecule has 0 radical (unpaired) electrons. The van der Waals surface area contributed by atoms with Gasteiger partial charge in [-0.15, -0.1) is 0 Å². The van der Waals surface area contributed by atoms with E-state index in [0.717, 1.165) is 21.5 Å². The zero-order chi connectivity index (χ0) is 22.5. The Balaban J connectivity index is 1.44. The molecule has 2 heterocycles. The molecule has 0 unspecified atom stereocenters. The number of nitrogens with zero attached hydrogens (tertiary/aromatic N) is 3. The van der Waals surface area contributed by atoms with Crippen molar-refractivity contribution in [2.75, 3.05) is 16.0 Å². The van der Waals surface area contributed by atoms with Crippen LogP contribution >= 0.6 is 15.9 Å². The SMILES string of the molecule is Cc1ccnc(Nc2cc(Nc3ccc(NC(=O)c4ccccc4Br)cc3)nc(C)n2)c1. The van der Waals surface area contributed by atoms with Crippen LogP contribution < -0.4 is 16.0 Å². The van der Waals surface area contributed by atoms with Gasteiger partial charge in [-0.05, 0) is 83.9 Å². The lowest BCUT2D eigenvalue weighted by Crippen LogP contribution is -2.12. The first-order chi connectivity index (χ1) is 15.5. The molecule has 0 saturated carbocycles. The quantitative estimate of drug-likeness (QED) is 0.308. The molecule has 0 aliphatic carbocycles. The van der Waals surface area contributed by atoms with E-state index in [2.05, 4.69) is 46.8 Å². The second-order valence-corrected chi connectivity index (χ2v) is 8.02. The highest BCUT2D eigenvalue weighted by molar-refractivity contribution is 9.10. The second kappa shape index (κ2) is 9.57. The molecule has 0 atom stereocenters. The minimum Gasteiger partial charge on any atom is -0.340 e. The second-order valence-electron chi connectivity index (χ2n) is 7.17. The zero-order valence-electron chi connectivity index (χ0n) is 17.6. The molecule has 2 aromatic carbocycles. The summed E-state index contributed by atoms with van der Waals surface area (Å²) in [6.07, 6.45) is 1.75. The Morgan fingerprint density at radius 2 is 1.50 bits per heavy atom. The molecule has 0 bridgehead atoms. The van der Waals surface area contributed by atoms with Crippen LogP contribution in [0.1, 0.15) is 21.7 Å². The number of amides is 1. The van der Waals surface area contributed by atoms with Crippen LogP contribution in [0.5, 0.6) is 0 Å². The maximum atomic E-state index is 12.5. The van der Waals surface area contributed by atoms with Crippen molar-refractivity contribution in [3.05, 3.63) is 94.4 Å². The number of carbonyl (C=O) groups is 1. The standard InChI is InChI=1S/C24H21BrN6O/c1-15-11-12-26-21(13-15)31-23-14-22(27-16(2)28-23)29-17-7-9-18(10-8-17)30-24(32)19-5-3-4-6-20(19)25/h3-14H,1-2H3,(H,30,32)(H2,26,27,28,29,31). The average molecular weight is 489 g/mol. The minimum absolute atomic E-state index is 0.176. The summed E-state index contributed by atoms with van der Waals surface area (Å²) in [5.41, 5.74) is 3.22. The van der Waals surface area contributed by atoms with Gasteiger partial charge in [0, 0.05) is 28.1 Å². The normalized spacial score (nSPS) is 10.5. The summed E-state index contributed by atoms with van der Waals surface area (Å²) in [5, 5.41) is 9.38. The molecule has 7 nitrogen and oxygen atoms in total. The number of rotatable bonds is 6. The van der Waals surface area contributed by atoms with Gasteiger partial charge in [-0.2, -0.15) is 0 Å². The van der Waals surface area contributed by atoms with Gasteiger partial charge >= 0.3 is 0 Å². The van der Waals surface area contributed by atoms with E-state index >= 15 is 0 Å². The molecule has 4 rings (SSSR count). The topological polar surface area (TPSA) is 91.8 Å². The monoisotopic (exact) mass is 488 g/mol. The number of aromatic nitrogens is 3. The molecular formula is C24H21BrN6O. The van der Waals surface area contributed by atoms with E-state index in [1.807, 2.05) is 74.5 Å². The Morgan fingerprint density at radius 3 is 2.22 bits per heavy atom. The Labute approximate surface area is 194 Å². The Hall–Kier alpha value is -3.78. The molecule has 3 N–H and O–H groups in total. The number of aryl methyl sites for hydroxylation is 2. The maximum absolute atomic E-state index is 12.5. The van der Waals surface area contributed by atoms with Gasteiger partial charge in [0.15, 0.2) is 0 Å². The fourth-order valence-corrected chi connectivity index (χ4v) is 3.52. The molecule has 4 aromatic rings. The van der Waals surface area contributed by atoms with Crippen LogP contribution in [0, 0.1) is 13.8 Å². The van der Waals surface area contributed by atoms with Crippen LogP contribution in [0.15, 0.2) is 77.4 Å². The molecule has 0 aliphatic rings. The van der Waals surface area contributed by atoms with E-state index < -0.39 is 0 Å². The van der Waals surface area contributed by atoms with Gasteiger partial charge in [0.25, 0.3) is 5.91 Å². The van der Waals surface area contributed by atoms with Crippen molar-refractivity contribution >= 4 is 50.7 Å². The first kappa shape index (κ1) is 21.5. The minimum atomic E-state index is -0.176. The molecule has 0 spiro atoms. The molecule has 0 fully saturated rings. The van der Waals surface area contributed by atoms with Crippen LogP contribution in [-0.2, 0) is 0 Å². The summed E-state index contributed by atoms with van der Waals surface area (Å²) in [6.45, 7) is 3.84. The van der Waals surface area contributed by atoms with Crippen molar-refractivity contribution in [1.82, 2.24) is 15.0 Å². The van der Waals surface area contributed by atoms with Crippen LogP contribution in [0.3, 0.4) is 0 Å². The molecule has 2 aromatic heterocycles. The van der Waals surface area contributed by atoms with Crippen molar-refractivity contribution in [1.29, 1.82) is 0 Å². The highest BCUT2D eigenvalue weighted by Gasteiger charge is 2.10. The molecule has 0 aliphatic heterocycles. The number of halogens is 1. The lowest BCUT2D eigenvalue weighted by Gasteiger charge is -2.11. The number of carbonyl (C=O) groups excluding carboxylic acids is 1. The van der Waals surface area contributed by atoms with Gasteiger partial charge < -0.3 is 16.0 Å². The summed E-state index contributed by atoms with van der Waals surface area (Å²) in [5.74, 6) is 2.47. The van der Waals surface area contributed by atoms with Crippen LogP contribution in [0.2, 0.25) is 0 Å². The number of hydrogen-bond acceptors (Lipinski definition) is 6. The maximum Gasteiger partial charge on any atom is 0.256 e. The van der Waals surface area contributed by atoms with Gasteiger partial charge in [0.1, 0.15) is 23.3 Å². The van der Waals surface area contributed by atoms with Crippen molar-refractivity contribution in [3.8, 4) is 0 Å². The van der Waals surface area contributed by atoms with E-state index in [-0.39, 0.29) is 5.91 Å². The third-order valence-electron chi connectivity index (χ3n) is 4.54. The van der Waals surface area contributed by atoms with Crippen molar-refractivity contribution in [3.63, 3.8) is 0 Å². The van der Waals surface area contributed by atoms with Gasteiger partial charge in [-0.3, -0.25) is 4.79 Å². The molecule has 0 saturated heterocycles. The van der Waals surface area contributed by atoms with E-state index in [1.165, 1.54) is 0 Å². The number of pyridine rings is 1. The molecular weight excluding hydrogens is 468 g/mol. The van der Waals surface area contributed by atoms with E-state index in [9.17, 15) is 4.79 Å². The molecule has 32 heavy (non-hydrogen) atoms. The number of nitrogens with one attached hydrogen (secondary N) is 3. The lowest BCUT2D eigenvalue weighted by atomic mass is 10.2. The van der Waals surface area contributed by atoms with E-state index in [0.29, 0.717) is 28.7 Å². The predicted molar refractivity (Wildman–Crippen MR) is 131 cm³/mol. The van der Waals surface area contributed by atoms with Crippen molar-refractivity contribution in [2.24, 2.45) is 0 Å². The number of hydrogen-bond donors (Lipinski definition) is 3. The van der Waals surface area contributed by atoms with Crippen molar-refractivity contribution in [2.45, 2.75) is 13.8 Å². The van der Waals surface area contributed by atoms with Crippen LogP contribution in [-0.4, -0.2) is 20.9 Å². The number of benzene rings is 2. The van der Waals surface area contributed by atoms with Crippen molar-refractivity contribution < 1.29 is 4.79 Å². The Kier molecular flexibility index (Phi) is 6.42. The largest absolute Gasteiger partial charge is 0.340 e. The fourth-order valence-electron chi connectivity index (χ4n) is 3.06. The summed E-state index contributed by atoms with van der Waals surface area (Å²) in [7, 11) is 0. The third-order valence-corrected chi connectivity index (χ3v) is 5.23. The summed E-state index contributed by atoms with van der Waals surface area (Å²) in [6, 6.07) is 20.4. The first-order valence-electron chi connectivity index (χ1n) is 9.94. The molecule has 160 valence electrons. The lowest BCUT2D eigenvalue weighted by molar-refractivity contribution is 0.102. The smallest absolute Gasteiger partial charge is 0.256 e. The zero-order valence-corrected chi connectivity index (χ0v) is 19.1. The fraction of sp³-hybridized carbons (Fsp3) is 0.0833. The van der Waals surface area contributed by atoms with Crippen LogP contribution in [0.25, 0.3) is 0 Å². The summed E-state index contributed by atoms with van der Waals surface area (Å²) in [4.78, 5) is 25.7. The highest BCUT2D eigenvalue weighted by Crippen LogP contribution is 2.22. The van der Waals surface area contributed by atoms with E-state index in [4.69, 9.17) is 0 Å². The Morgan fingerprint density at radius 1 is 0.812 bits per heavy atom. The molecule has 1 amide bonds. The third kappa shape index (κ3) is 5.47. The van der Waals surface area contributed by atoms with Gasteiger partial charge in [0.2, 0.25) is 0 Å². The van der Waals surface area contributed by atoms with Crippen LogP contribution in [0.4, 0.5) is 28.8 Å². The summed E-state index contributed by atoms with van der Waals surface area (Å²) >= 11 is 3.40.